The van der Waals surface area contributed by atoms with E-state index in [1.165, 1.54) is 4.31 Å². The van der Waals surface area contributed by atoms with E-state index in [1.807, 2.05) is 39.2 Å². The fourth-order valence-electron chi connectivity index (χ4n) is 2.13. The second-order valence-electron chi connectivity index (χ2n) is 6.12. The van der Waals surface area contributed by atoms with Gasteiger partial charge in [0.15, 0.2) is 5.03 Å². The van der Waals surface area contributed by atoms with E-state index in [-0.39, 0.29) is 10.4 Å². The molecule has 0 spiro atoms. The van der Waals surface area contributed by atoms with Crippen molar-refractivity contribution in [3.8, 4) is 0 Å². The van der Waals surface area contributed by atoms with Crippen LogP contribution in [0, 0.1) is 12.3 Å². The first-order valence-corrected chi connectivity index (χ1v) is 8.86. The van der Waals surface area contributed by atoms with Crippen LogP contribution in [-0.4, -0.2) is 41.9 Å². The van der Waals surface area contributed by atoms with Gasteiger partial charge in [-0.3, -0.25) is 0 Å². The van der Waals surface area contributed by atoms with E-state index in [0.717, 1.165) is 6.42 Å². The van der Waals surface area contributed by atoms with Crippen LogP contribution in [0.2, 0.25) is 0 Å². The summed E-state index contributed by atoms with van der Waals surface area (Å²) in [7, 11) is -3.57. The topological polar surface area (TPSA) is 81.2 Å². The summed E-state index contributed by atoms with van der Waals surface area (Å²) in [5.74, 6) is 0.714. The zero-order valence-corrected chi connectivity index (χ0v) is 14.6. The summed E-state index contributed by atoms with van der Waals surface area (Å²) >= 11 is 0. The van der Waals surface area contributed by atoms with E-state index in [4.69, 9.17) is 5.73 Å². The third-order valence-corrected chi connectivity index (χ3v) is 5.25. The Labute approximate surface area is 128 Å². The Balaban J connectivity index is 3.15. The highest BCUT2D eigenvalue weighted by atomic mass is 32.2. The molecule has 6 nitrogen and oxygen atoms in total. The molecule has 0 radical (unpaired) electrons. The van der Waals surface area contributed by atoms with Crippen molar-refractivity contribution >= 4 is 10.0 Å². The second-order valence-corrected chi connectivity index (χ2v) is 8.00. The highest BCUT2D eigenvalue weighted by Gasteiger charge is 2.31. The molecule has 0 saturated carbocycles. The normalized spacial score (nSPS) is 13.1. The van der Waals surface area contributed by atoms with Crippen LogP contribution in [0.5, 0.6) is 0 Å². The Bertz CT molecular complexity index is 564. The van der Waals surface area contributed by atoms with Gasteiger partial charge in [-0.25, -0.2) is 13.4 Å². The molecular weight excluding hydrogens is 288 g/mol. The summed E-state index contributed by atoms with van der Waals surface area (Å²) in [6.07, 6.45) is 2.37. The first kappa shape index (κ1) is 18.1. The van der Waals surface area contributed by atoms with Crippen molar-refractivity contribution < 1.29 is 8.42 Å². The van der Waals surface area contributed by atoms with Gasteiger partial charge in [-0.1, -0.05) is 20.8 Å². The average Bonchev–Trinajstić information content (AvgIpc) is 2.80. The molecule has 122 valence electrons. The molecule has 0 unspecified atom stereocenters. The van der Waals surface area contributed by atoms with Gasteiger partial charge in [0.1, 0.15) is 5.82 Å². The summed E-state index contributed by atoms with van der Waals surface area (Å²) in [6, 6.07) is 0. The summed E-state index contributed by atoms with van der Waals surface area (Å²) in [4.78, 5) is 4.21. The van der Waals surface area contributed by atoms with E-state index in [9.17, 15) is 8.42 Å². The molecule has 21 heavy (non-hydrogen) atoms. The number of rotatable bonds is 8. The number of nitrogens with two attached hydrogens (primary N) is 1. The van der Waals surface area contributed by atoms with Gasteiger partial charge in [0.05, 0.1) is 0 Å². The van der Waals surface area contributed by atoms with Crippen molar-refractivity contribution in [1.82, 2.24) is 13.9 Å². The van der Waals surface area contributed by atoms with E-state index in [1.54, 1.807) is 6.20 Å². The molecule has 0 fully saturated rings. The Morgan fingerprint density at radius 3 is 2.43 bits per heavy atom. The number of aromatic nitrogens is 2. The van der Waals surface area contributed by atoms with Gasteiger partial charge in [-0.2, -0.15) is 4.31 Å². The van der Waals surface area contributed by atoms with Crippen molar-refractivity contribution in [1.29, 1.82) is 0 Å². The largest absolute Gasteiger partial charge is 0.334 e. The van der Waals surface area contributed by atoms with Crippen molar-refractivity contribution in [3.05, 3.63) is 12.0 Å². The predicted octanol–water partition coefficient (Wildman–Crippen LogP) is 1.60. The third kappa shape index (κ3) is 4.28. The molecule has 1 heterocycles. The monoisotopic (exact) mass is 316 g/mol. The van der Waals surface area contributed by atoms with Gasteiger partial charge in [0.2, 0.25) is 0 Å². The molecule has 0 bridgehead atoms. The van der Waals surface area contributed by atoms with Crippen LogP contribution in [0.1, 0.15) is 39.9 Å². The van der Waals surface area contributed by atoms with Crippen LogP contribution in [0.3, 0.4) is 0 Å². The maximum absolute atomic E-state index is 12.8. The summed E-state index contributed by atoms with van der Waals surface area (Å²) in [5.41, 5.74) is 5.48. The number of nitrogens with zero attached hydrogens (tertiary/aromatic N) is 3. The fraction of sp³-hybridized carbons (Fsp3) is 0.786. The van der Waals surface area contributed by atoms with Gasteiger partial charge in [0, 0.05) is 25.8 Å². The molecule has 0 amide bonds. The lowest BCUT2D eigenvalue weighted by Gasteiger charge is -2.30. The standard InChI is InChI=1S/C14H28N4O2S/c1-6-8-18(11-14(4,5)10-15)21(19,20)13-9-17(7-2)12(3)16-13/h9H,6-8,10-11,15H2,1-5H3. The van der Waals surface area contributed by atoms with Gasteiger partial charge in [-0.15, -0.1) is 0 Å². The van der Waals surface area contributed by atoms with E-state index in [0.29, 0.717) is 32.0 Å². The quantitative estimate of drug-likeness (QED) is 0.790. The van der Waals surface area contributed by atoms with Crippen LogP contribution < -0.4 is 5.73 Å². The summed E-state index contributed by atoms with van der Waals surface area (Å²) in [5, 5.41) is 0.128. The van der Waals surface area contributed by atoms with E-state index >= 15 is 0 Å². The lowest BCUT2D eigenvalue weighted by Crippen LogP contribution is -2.42. The maximum Gasteiger partial charge on any atom is 0.262 e. The predicted molar refractivity (Wildman–Crippen MR) is 84.5 cm³/mol. The molecule has 0 atom stereocenters. The second kappa shape index (κ2) is 6.89. The smallest absolute Gasteiger partial charge is 0.262 e. The van der Waals surface area contributed by atoms with Crippen LogP contribution in [0.4, 0.5) is 0 Å². The molecule has 2 N–H and O–H groups in total. The molecule has 0 aliphatic rings. The van der Waals surface area contributed by atoms with Crippen molar-refractivity contribution in [2.75, 3.05) is 19.6 Å². The molecule has 1 aromatic heterocycles. The minimum Gasteiger partial charge on any atom is -0.334 e. The summed E-state index contributed by atoms with van der Waals surface area (Å²) < 4.78 is 29.0. The van der Waals surface area contributed by atoms with Gasteiger partial charge >= 0.3 is 0 Å². The Hall–Kier alpha value is -0.920. The highest BCUT2D eigenvalue weighted by Crippen LogP contribution is 2.22. The molecule has 0 saturated heterocycles. The van der Waals surface area contributed by atoms with Gasteiger partial charge in [-0.05, 0) is 32.2 Å². The molecular formula is C14H28N4O2S. The molecule has 0 aliphatic carbocycles. The van der Waals surface area contributed by atoms with Crippen LogP contribution in [0.15, 0.2) is 11.2 Å². The third-order valence-electron chi connectivity index (χ3n) is 3.53. The molecule has 1 aromatic rings. The summed E-state index contributed by atoms with van der Waals surface area (Å²) in [6.45, 7) is 11.7. The number of hydrogen-bond acceptors (Lipinski definition) is 4. The molecule has 0 aromatic carbocycles. The number of sulfonamides is 1. The van der Waals surface area contributed by atoms with E-state index in [2.05, 4.69) is 4.98 Å². The van der Waals surface area contributed by atoms with Crippen molar-refractivity contribution in [2.24, 2.45) is 11.1 Å². The number of imidazole rings is 1. The highest BCUT2D eigenvalue weighted by molar-refractivity contribution is 7.89. The van der Waals surface area contributed by atoms with E-state index < -0.39 is 10.0 Å². The Kier molecular flexibility index (Phi) is 5.95. The van der Waals surface area contributed by atoms with Crippen molar-refractivity contribution in [3.63, 3.8) is 0 Å². The lowest BCUT2D eigenvalue weighted by atomic mass is 9.94. The van der Waals surface area contributed by atoms with Crippen LogP contribution >= 0.6 is 0 Å². The minimum atomic E-state index is -3.57. The van der Waals surface area contributed by atoms with Crippen molar-refractivity contribution in [2.45, 2.75) is 52.6 Å². The average molecular weight is 316 g/mol. The van der Waals surface area contributed by atoms with Gasteiger partial charge in [0.25, 0.3) is 10.0 Å². The Morgan fingerprint density at radius 1 is 1.38 bits per heavy atom. The number of hydrogen-bond donors (Lipinski definition) is 1. The lowest BCUT2D eigenvalue weighted by molar-refractivity contribution is 0.266. The SMILES string of the molecule is CCCN(CC(C)(C)CN)S(=O)(=O)c1cn(CC)c(C)n1. The van der Waals surface area contributed by atoms with Crippen LogP contribution in [0.25, 0.3) is 0 Å². The van der Waals surface area contributed by atoms with Gasteiger partial charge < -0.3 is 10.3 Å². The Morgan fingerprint density at radius 2 is 2.00 bits per heavy atom. The maximum atomic E-state index is 12.8. The number of aryl methyl sites for hydroxylation is 2. The minimum absolute atomic E-state index is 0.128. The fourth-order valence-corrected chi connectivity index (χ4v) is 3.85. The molecule has 1 rings (SSSR count). The molecule has 0 aliphatic heterocycles. The van der Waals surface area contributed by atoms with Crippen LogP contribution in [-0.2, 0) is 16.6 Å². The first-order chi connectivity index (χ1) is 9.67. The zero-order chi connectivity index (χ0) is 16.3. The first-order valence-electron chi connectivity index (χ1n) is 7.42. The molecule has 7 heteroatoms. The zero-order valence-electron chi connectivity index (χ0n) is 13.8.